The number of fused-ring (bicyclic) bond motifs is 2. The number of hydrogen-bond acceptors (Lipinski definition) is 4. The summed E-state index contributed by atoms with van der Waals surface area (Å²) in [5.41, 5.74) is 6.95. The standard InChI is InChI=1S/C22H25F3N4O2/c1-10-15-17(29(13-5-6-13)21(31)27-20(15)30)11(2)18(16(10)23)28-8-12-4-3-7-22(24,25)19(26)14(12)9-28/h4,13-14,19H,3,5-9,26H2,1-2H3,(H,27,30,31). The van der Waals surface area contributed by atoms with Crippen molar-refractivity contribution in [3.05, 3.63) is 49.4 Å². The van der Waals surface area contributed by atoms with Gasteiger partial charge in [0.05, 0.1) is 22.6 Å². The van der Waals surface area contributed by atoms with E-state index in [-0.39, 0.29) is 42.1 Å². The Morgan fingerprint density at radius 3 is 2.58 bits per heavy atom. The lowest BCUT2D eigenvalue weighted by Crippen LogP contribution is -2.47. The molecule has 166 valence electrons. The van der Waals surface area contributed by atoms with Crippen LogP contribution in [-0.4, -0.2) is 34.6 Å². The Bertz CT molecular complexity index is 1240. The van der Waals surface area contributed by atoms with Crippen molar-refractivity contribution in [2.75, 3.05) is 18.0 Å². The largest absolute Gasteiger partial charge is 0.364 e. The van der Waals surface area contributed by atoms with Gasteiger partial charge in [0.2, 0.25) is 0 Å². The maximum absolute atomic E-state index is 15.6. The number of alkyl halides is 2. The Labute approximate surface area is 176 Å². The van der Waals surface area contributed by atoms with Crippen LogP contribution in [0.2, 0.25) is 0 Å². The molecule has 1 aromatic carbocycles. The summed E-state index contributed by atoms with van der Waals surface area (Å²) in [6.45, 7) is 3.68. The Hall–Kier alpha value is -2.55. The molecule has 2 fully saturated rings. The summed E-state index contributed by atoms with van der Waals surface area (Å²) < 4.78 is 45.9. The summed E-state index contributed by atoms with van der Waals surface area (Å²) in [6.07, 6.45) is 3.38. The highest BCUT2D eigenvalue weighted by Crippen LogP contribution is 2.43. The molecule has 1 saturated heterocycles. The fraction of sp³-hybridized carbons (Fsp3) is 0.545. The molecule has 31 heavy (non-hydrogen) atoms. The van der Waals surface area contributed by atoms with E-state index in [4.69, 9.17) is 5.73 Å². The predicted octanol–water partition coefficient (Wildman–Crippen LogP) is 2.90. The van der Waals surface area contributed by atoms with Gasteiger partial charge in [-0.3, -0.25) is 14.3 Å². The number of nitrogens with zero attached hydrogens (tertiary/aromatic N) is 2. The number of H-pyrrole nitrogens is 1. The SMILES string of the molecule is Cc1c(F)c(N2CC3=CCCC(F)(F)C(N)C3C2)c(C)c2c1c(=O)[nH]c(=O)n2C1CC1. The van der Waals surface area contributed by atoms with Crippen LogP contribution in [0.4, 0.5) is 18.9 Å². The first-order valence-electron chi connectivity index (χ1n) is 10.7. The monoisotopic (exact) mass is 434 g/mol. The molecule has 9 heteroatoms. The second-order valence-corrected chi connectivity index (χ2v) is 9.09. The Balaban J connectivity index is 1.70. The van der Waals surface area contributed by atoms with E-state index in [1.54, 1.807) is 22.5 Å². The third-order valence-corrected chi connectivity index (χ3v) is 7.07. The van der Waals surface area contributed by atoms with Gasteiger partial charge in [0.25, 0.3) is 11.5 Å². The zero-order valence-electron chi connectivity index (χ0n) is 17.5. The molecule has 2 aromatic rings. The summed E-state index contributed by atoms with van der Waals surface area (Å²) in [7, 11) is 0. The van der Waals surface area contributed by atoms with E-state index < -0.39 is 34.9 Å². The smallest absolute Gasteiger partial charge is 0.329 e. The van der Waals surface area contributed by atoms with E-state index in [0.717, 1.165) is 18.4 Å². The average molecular weight is 434 g/mol. The third-order valence-electron chi connectivity index (χ3n) is 7.07. The van der Waals surface area contributed by atoms with Gasteiger partial charge in [0.15, 0.2) is 5.82 Å². The van der Waals surface area contributed by atoms with Crippen LogP contribution in [0, 0.1) is 25.6 Å². The number of hydrogen-bond donors (Lipinski definition) is 2. The van der Waals surface area contributed by atoms with Crippen molar-refractivity contribution in [3.63, 3.8) is 0 Å². The van der Waals surface area contributed by atoms with Gasteiger partial charge in [-0.25, -0.2) is 18.0 Å². The highest BCUT2D eigenvalue weighted by atomic mass is 19.3. The van der Waals surface area contributed by atoms with Crippen molar-refractivity contribution >= 4 is 16.6 Å². The fourth-order valence-electron chi connectivity index (χ4n) is 5.29. The van der Waals surface area contributed by atoms with Crippen molar-refractivity contribution in [3.8, 4) is 0 Å². The lowest BCUT2D eigenvalue weighted by molar-refractivity contribution is -0.0402. The molecule has 1 saturated carbocycles. The van der Waals surface area contributed by atoms with E-state index >= 15 is 4.39 Å². The maximum atomic E-state index is 15.6. The molecule has 2 atom stereocenters. The van der Waals surface area contributed by atoms with Crippen molar-refractivity contribution in [2.24, 2.45) is 11.7 Å². The Morgan fingerprint density at radius 1 is 1.19 bits per heavy atom. The van der Waals surface area contributed by atoms with Gasteiger partial charge in [-0.15, -0.1) is 0 Å². The first-order chi connectivity index (χ1) is 14.6. The quantitative estimate of drug-likeness (QED) is 0.712. The number of benzene rings is 1. The molecule has 3 N–H and O–H groups in total. The van der Waals surface area contributed by atoms with Crippen LogP contribution >= 0.6 is 0 Å². The molecule has 1 aliphatic heterocycles. The maximum Gasteiger partial charge on any atom is 0.329 e. The Morgan fingerprint density at radius 2 is 1.90 bits per heavy atom. The van der Waals surface area contributed by atoms with Crippen LogP contribution in [-0.2, 0) is 0 Å². The van der Waals surface area contributed by atoms with Gasteiger partial charge in [0.1, 0.15) is 0 Å². The van der Waals surface area contributed by atoms with Gasteiger partial charge in [-0.2, -0.15) is 0 Å². The Kier molecular flexibility index (Phi) is 4.41. The molecule has 6 nitrogen and oxygen atoms in total. The summed E-state index contributed by atoms with van der Waals surface area (Å²) >= 11 is 0. The minimum atomic E-state index is -2.98. The minimum Gasteiger partial charge on any atom is -0.364 e. The molecule has 1 aromatic heterocycles. The third kappa shape index (κ3) is 2.96. The van der Waals surface area contributed by atoms with Crippen molar-refractivity contribution < 1.29 is 13.2 Å². The number of aromatic amines is 1. The average Bonchev–Trinajstić information content (AvgIpc) is 3.46. The molecule has 5 rings (SSSR count). The van der Waals surface area contributed by atoms with Gasteiger partial charge < -0.3 is 10.6 Å². The summed E-state index contributed by atoms with van der Waals surface area (Å²) in [6, 6.07) is -1.36. The van der Waals surface area contributed by atoms with Gasteiger partial charge in [-0.05, 0) is 38.7 Å². The van der Waals surface area contributed by atoms with Crippen LogP contribution in [0.5, 0.6) is 0 Å². The highest BCUT2D eigenvalue weighted by molar-refractivity contribution is 5.90. The number of nitrogens with two attached hydrogens (primary N) is 1. The second-order valence-electron chi connectivity index (χ2n) is 9.09. The fourth-order valence-corrected chi connectivity index (χ4v) is 5.29. The first-order valence-corrected chi connectivity index (χ1v) is 10.7. The van der Waals surface area contributed by atoms with Crippen molar-refractivity contribution in [1.29, 1.82) is 0 Å². The zero-order valence-corrected chi connectivity index (χ0v) is 17.5. The van der Waals surface area contributed by atoms with E-state index in [1.165, 1.54) is 6.92 Å². The normalized spacial score (nSPS) is 25.5. The zero-order chi connectivity index (χ0) is 22.2. The number of nitrogens with one attached hydrogen (secondary N) is 1. The first kappa shape index (κ1) is 20.4. The summed E-state index contributed by atoms with van der Waals surface area (Å²) in [5, 5.41) is 0.168. The molecule has 0 spiro atoms. The number of anilines is 1. The molecular formula is C22H25F3N4O2. The molecule has 0 radical (unpaired) electrons. The summed E-state index contributed by atoms with van der Waals surface area (Å²) in [5.74, 6) is -4.11. The van der Waals surface area contributed by atoms with Gasteiger partial charge >= 0.3 is 5.69 Å². The number of halogens is 3. The predicted molar refractivity (Wildman–Crippen MR) is 112 cm³/mol. The number of aryl methyl sites for hydroxylation is 2. The molecule has 2 heterocycles. The van der Waals surface area contributed by atoms with E-state index in [2.05, 4.69) is 4.98 Å². The lowest BCUT2D eigenvalue weighted by Gasteiger charge is -2.28. The van der Waals surface area contributed by atoms with E-state index in [1.807, 2.05) is 0 Å². The van der Waals surface area contributed by atoms with Crippen LogP contribution in [0.25, 0.3) is 10.9 Å². The molecule has 2 aliphatic carbocycles. The molecule has 2 unspecified atom stereocenters. The highest BCUT2D eigenvalue weighted by Gasteiger charge is 2.47. The molecule has 0 bridgehead atoms. The number of allylic oxidation sites excluding steroid dienone is 1. The van der Waals surface area contributed by atoms with Gasteiger partial charge in [0, 0.05) is 42.6 Å². The number of rotatable bonds is 2. The van der Waals surface area contributed by atoms with Gasteiger partial charge in [-0.1, -0.05) is 6.08 Å². The van der Waals surface area contributed by atoms with E-state index in [0.29, 0.717) is 17.6 Å². The van der Waals surface area contributed by atoms with Crippen LogP contribution in [0.15, 0.2) is 21.2 Å². The summed E-state index contributed by atoms with van der Waals surface area (Å²) in [4.78, 5) is 29.2. The van der Waals surface area contributed by atoms with E-state index in [9.17, 15) is 18.4 Å². The number of aromatic nitrogens is 2. The molecule has 3 aliphatic rings. The second kappa shape index (κ2) is 6.72. The van der Waals surface area contributed by atoms with Crippen LogP contribution in [0.1, 0.15) is 42.9 Å². The van der Waals surface area contributed by atoms with Crippen LogP contribution < -0.4 is 21.9 Å². The lowest BCUT2D eigenvalue weighted by atomic mass is 9.92. The molecule has 0 amide bonds. The minimum absolute atomic E-state index is 0.0252. The molecular weight excluding hydrogens is 409 g/mol. The van der Waals surface area contributed by atoms with Crippen molar-refractivity contribution in [2.45, 2.75) is 57.5 Å². The van der Waals surface area contributed by atoms with Crippen molar-refractivity contribution in [1.82, 2.24) is 9.55 Å². The topological polar surface area (TPSA) is 84.1 Å². The van der Waals surface area contributed by atoms with Crippen LogP contribution in [0.3, 0.4) is 0 Å².